The van der Waals surface area contributed by atoms with Crippen LogP contribution in [0.15, 0.2) is 23.6 Å². The quantitative estimate of drug-likeness (QED) is 0.703. The molecule has 0 aliphatic heterocycles. The molecule has 8 nitrogen and oxygen atoms in total. The van der Waals surface area contributed by atoms with Gasteiger partial charge in [0.15, 0.2) is 5.03 Å². The van der Waals surface area contributed by atoms with Gasteiger partial charge in [0.25, 0.3) is 10.0 Å². The largest absolute Gasteiger partial charge is 0.392 e. The fourth-order valence-electron chi connectivity index (χ4n) is 4.16. The third-order valence-electron chi connectivity index (χ3n) is 5.30. The van der Waals surface area contributed by atoms with Gasteiger partial charge in [0.05, 0.1) is 12.4 Å². The van der Waals surface area contributed by atoms with Gasteiger partial charge in [-0.1, -0.05) is 6.07 Å². The Hall–Kier alpha value is -2.39. The Kier molecular flexibility index (Phi) is 4.88. The number of carbonyl (C=O) groups is 1. The summed E-state index contributed by atoms with van der Waals surface area (Å²) in [7, 11) is -4.10. The van der Waals surface area contributed by atoms with Crippen LogP contribution < -0.4 is 10.0 Å². The van der Waals surface area contributed by atoms with Gasteiger partial charge in [0.1, 0.15) is 0 Å². The maximum absolute atomic E-state index is 12.5. The van der Waals surface area contributed by atoms with Crippen LogP contribution in [0, 0.1) is 0 Å². The zero-order valence-corrected chi connectivity index (χ0v) is 16.6. The second-order valence-electron chi connectivity index (χ2n) is 7.55. The van der Waals surface area contributed by atoms with Crippen molar-refractivity contribution >= 4 is 21.7 Å². The molecule has 0 saturated carbocycles. The molecule has 4 rings (SSSR count). The number of rotatable bonds is 5. The summed E-state index contributed by atoms with van der Waals surface area (Å²) in [6, 6.07) is 1.47. The second-order valence-corrected chi connectivity index (χ2v) is 9.18. The maximum atomic E-state index is 12.5. The first kappa shape index (κ1) is 18.9. The summed E-state index contributed by atoms with van der Waals surface area (Å²) >= 11 is 0. The highest BCUT2D eigenvalue weighted by Crippen LogP contribution is 2.38. The molecule has 1 aromatic carbocycles. The maximum Gasteiger partial charge on any atom is 0.333 e. The van der Waals surface area contributed by atoms with Crippen LogP contribution in [0.5, 0.6) is 0 Å². The summed E-state index contributed by atoms with van der Waals surface area (Å²) < 4.78 is 28.5. The standard InChI is InChI=1S/C19H24N4O4S/c1-12(24)9-23-10-17(20-11-23)28(26,27)22-19(25)21-18-15-6-2-4-13(15)8-14-5-3-7-16(14)18/h8,10-12,24H,2-7,9H2,1H3,(H2,21,22,25)/t12-/m1/s1. The predicted octanol–water partition coefficient (Wildman–Crippen LogP) is 1.75. The van der Waals surface area contributed by atoms with Gasteiger partial charge in [-0.25, -0.2) is 14.5 Å². The number of aryl methyl sites for hydroxylation is 2. The molecule has 0 bridgehead atoms. The van der Waals surface area contributed by atoms with Gasteiger partial charge in [0.2, 0.25) is 0 Å². The van der Waals surface area contributed by atoms with Gasteiger partial charge in [-0.15, -0.1) is 0 Å². The van der Waals surface area contributed by atoms with Gasteiger partial charge < -0.3 is 15.0 Å². The van der Waals surface area contributed by atoms with Crippen LogP contribution in [0.2, 0.25) is 0 Å². The number of anilines is 1. The molecule has 1 heterocycles. The first-order chi connectivity index (χ1) is 13.3. The Labute approximate surface area is 164 Å². The first-order valence-electron chi connectivity index (χ1n) is 9.53. The van der Waals surface area contributed by atoms with Crippen LogP contribution in [-0.4, -0.2) is 35.2 Å². The summed E-state index contributed by atoms with van der Waals surface area (Å²) in [6.45, 7) is 1.81. The number of hydrogen-bond acceptors (Lipinski definition) is 5. The molecule has 0 unspecified atom stereocenters. The molecule has 2 amide bonds. The number of imidazole rings is 1. The SMILES string of the molecule is C[C@@H](O)Cn1cnc(S(=O)(=O)NC(=O)Nc2c3c(cc4c2CCC4)CCC3)c1. The number of hydrogen-bond donors (Lipinski definition) is 3. The molecule has 1 atom stereocenters. The molecule has 1 aromatic heterocycles. The Bertz CT molecular complexity index is 995. The number of aliphatic hydroxyl groups excluding tert-OH is 1. The van der Waals surface area contributed by atoms with Crippen LogP contribution >= 0.6 is 0 Å². The average molecular weight is 404 g/mol. The van der Waals surface area contributed by atoms with Crippen molar-refractivity contribution in [1.82, 2.24) is 14.3 Å². The van der Waals surface area contributed by atoms with Crippen molar-refractivity contribution in [3.05, 3.63) is 40.8 Å². The molecule has 0 radical (unpaired) electrons. The van der Waals surface area contributed by atoms with Crippen LogP contribution in [0.3, 0.4) is 0 Å². The minimum absolute atomic E-state index is 0.219. The topological polar surface area (TPSA) is 113 Å². The van der Waals surface area contributed by atoms with E-state index in [1.54, 1.807) is 6.92 Å². The highest BCUT2D eigenvalue weighted by molar-refractivity contribution is 7.90. The molecule has 2 aliphatic rings. The van der Waals surface area contributed by atoms with Crippen molar-refractivity contribution in [3.8, 4) is 0 Å². The molecule has 2 aromatic rings. The highest BCUT2D eigenvalue weighted by atomic mass is 32.2. The smallest absolute Gasteiger partial charge is 0.333 e. The van der Waals surface area contributed by atoms with Crippen molar-refractivity contribution in [2.24, 2.45) is 0 Å². The number of carbonyl (C=O) groups excluding carboxylic acids is 1. The molecule has 0 fully saturated rings. The molecule has 0 spiro atoms. The normalized spacial score (nSPS) is 16.5. The van der Waals surface area contributed by atoms with Crippen LogP contribution in [-0.2, 0) is 42.3 Å². The Morgan fingerprint density at radius 1 is 1.21 bits per heavy atom. The Morgan fingerprint density at radius 2 is 1.86 bits per heavy atom. The number of benzene rings is 1. The van der Waals surface area contributed by atoms with Crippen molar-refractivity contribution < 1.29 is 18.3 Å². The van der Waals surface area contributed by atoms with E-state index in [2.05, 4.69) is 21.1 Å². The number of nitrogens with one attached hydrogen (secondary N) is 2. The molecule has 3 N–H and O–H groups in total. The number of aliphatic hydroxyl groups is 1. The van der Waals surface area contributed by atoms with E-state index < -0.39 is 22.2 Å². The van der Waals surface area contributed by atoms with Gasteiger partial charge in [-0.3, -0.25) is 0 Å². The van der Waals surface area contributed by atoms with E-state index in [0.29, 0.717) is 0 Å². The number of sulfonamides is 1. The second kappa shape index (κ2) is 7.21. The van der Waals surface area contributed by atoms with Crippen LogP contribution in [0.25, 0.3) is 0 Å². The first-order valence-corrected chi connectivity index (χ1v) is 11.0. The summed E-state index contributed by atoms with van der Waals surface area (Å²) in [4.78, 5) is 16.3. The fourth-order valence-corrected chi connectivity index (χ4v) is 5.02. The third-order valence-corrected chi connectivity index (χ3v) is 6.51. The van der Waals surface area contributed by atoms with E-state index in [0.717, 1.165) is 55.3 Å². The van der Waals surface area contributed by atoms with Gasteiger partial charge in [-0.2, -0.15) is 8.42 Å². The number of aromatic nitrogens is 2. The van der Waals surface area contributed by atoms with Gasteiger partial charge in [0, 0.05) is 18.4 Å². The molecule has 0 saturated heterocycles. The van der Waals surface area contributed by atoms with E-state index in [1.807, 2.05) is 0 Å². The third kappa shape index (κ3) is 3.64. The van der Waals surface area contributed by atoms with E-state index in [9.17, 15) is 18.3 Å². The minimum Gasteiger partial charge on any atom is -0.392 e. The predicted molar refractivity (Wildman–Crippen MR) is 104 cm³/mol. The molecule has 2 aliphatic carbocycles. The number of amides is 2. The lowest BCUT2D eigenvalue weighted by atomic mass is 9.99. The molecular formula is C19H24N4O4S. The highest BCUT2D eigenvalue weighted by Gasteiger charge is 2.27. The van der Waals surface area contributed by atoms with Crippen LogP contribution in [0.4, 0.5) is 10.5 Å². The zero-order chi connectivity index (χ0) is 19.9. The summed E-state index contributed by atoms with van der Waals surface area (Å²) in [5.74, 6) is 0. The van der Waals surface area contributed by atoms with Crippen molar-refractivity contribution in [2.75, 3.05) is 5.32 Å². The molecule has 150 valence electrons. The van der Waals surface area contributed by atoms with Gasteiger partial charge in [-0.05, 0) is 67.7 Å². The summed E-state index contributed by atoms with van der Waals surface area (Å²) in [5.41, 5.74) is 5.57. The summed E-state index contributed by atoms with van der Waals surface area (Å²) in [5, 5.41) is 11.9. The van der Waals surface area contributed by atoms with Crippen LogP contribution in [0.1, 0.15) is 42.0 Å². The van der Waals surface area contributed by atoms with Gasteiger partial charge >= 0.3 is 6.03 Å². The van der Waals surface area contributed by atoms with E-state index in [4.69, 9.17) is 0 Å². The molecule has 9 heteroatoms. The summed E-state index contributed by atoms with van der Waals surface area (Å²) in [6.07, 6.45) is 7.86. The van der Waals surface area contributed by atoms with E-state index in [1.165, 1.54) is 28.2 Å². The lowest BCUT2D eigenvalue weighted by Crippen LogP contribution is -2.35. The Balaban J connectivity index is 1.53. The number of fused-ring (bicyclic) bond motifs is 2. The zero-order valence-electron chi connectivity index (χ0n) is 15.7. The fraction of sp³-hybridized carbons (Fsp3) is 0.474. The van der Waals surface area contributed by atoms with E-state index in [-0.39, 0.29) is 11.6 Å². The molecule has 28 heavy (non-hydrogen) atoms. The lowest BCUT2D eigenvalue weighted by molar-refractivity contribution is 0.173. The monoisotopic (exact) mass is 404 g/mol. The average Bonchev–Trinajstić information content (AvgIpc) is 3.32. The van der Waals surface area contributed by atoms with E-state index >= 15 is 0 Å². The van der Waals surface area contributed by atoms with Crippen molar-refractivity contribution in [3.63, 3.8) is 0 Å². The molecular weight excluding hydrogens is 380 g/mol. The van der Waals surface area contributed by atoms with Crippen molar-refractivity contribution in [1.29, 1.82) is 0 Å². The number of urea groups is 1. The minimum atomic E-state index is -4.10. The van der Waals surface area contributed by atoms with Crippen molar-refractivity contribution in [2.45, 2.75) is 63.1 Å². The number of nitrogens with zero attached hydrogens (tertiary/aromatic N) is 2. The lowest BCUT2D eigenvalue weighted by Gasteiger charge is -2.16. The Morgan fingerprint density at radius 3 is 2.46 bits per heavy atom.